The Morgan fingerprint density at radius 1 is 1.32 bits per heavy atom. The van der Waals surface area contributed by atoms with E-state index in [1.807, 2.05) is 27.7 Å². The first-order chi connectivity index (χ1) is 12.3. The van der Waals surface area contributed by atoms with E-state index >= 15 is 0 Å². The maximum absolute atomic E-state index is 8.31. The lowest BCUT2D eigenvalue weighted by atomic mass is 9.85. The van der Waals surface area contributed by atoms with Crippen molar-refractivity contribution in [3.05, 3.63) is 18.1 Å². The monoisotopic (exact) mass is 271 g/mol. The first kappa shape index (κ1) is 6.68. The average Bonchev–Trinajstić information content (AvgIpc) is 2.72. The third kappa shape index (κ3) is 2.67. The maximum Gasteiger partial charge on any atom is 0.516 e. The summed E-state index contributed by atoms with van der Waals surface area (Å²) in [6.07, 6.45) is -1.41. The Morgan fingerprint density at radius 2 is 2.00 bits per heavy atom. The second kappa shape index (κ2) is 4.87. The van der Waals surface area contributed by atoms with Gasteiger partial charge in [0.1, 0.15) is 0 Å². The van der Waals surface area contributed by atoms with E-state index in [1.54, 1.807) is 0 Å². The second-order valence-electron chi connectivity index (χ2n) is 5.41. The molecule has 1 saturated heterocycles. The van der Waals surface area contributed by atoms with Crippen molar-refractivity contribution in [2.45, 2.75) is 64.9 Å². The minimum atomic E-state index is -3.41. The molecule has 104 valence electrons. The van der Waals surface area contributed by atoms with Gasteiger partial charge in [-0.05, 0) is 40.0 Å². The highest BCUT2D eigenvalue weighted by atomic mass is 16.7. The third-order valence-electron chi connectivity index (χ3n) is 3.55. The van der Waals surface area contributed by atoms with E-state index in [0.29, 0.717) is 0 Å². The minimum Gasteiger partial charge on any atom is -0.398 e. The molecule has 0 N–H and O–H groups in total. The van der Waals surface area contributed by atoms with Gasteiger partial charge < -0.3 is 9.31 Å². The molecule has 0 radical (unpaired) electrons. The van der Waals surface area contributed by atoms with Crippen LogP contribution in [0, 0.1) is 0 Å². The maximum atomic E-state index is 8.31. The summed E-state index contributed by atoms with van der Waals surface area (Å²) in [5, 5.41) is 0. The van der Waals surface area contributed by atoms with Crippen LogP contribution in [0.2, 0.25) is 0 Å². The molecule has 2 heterocycles. The molecule has 1 aromatic heterocycles. The van der Waals surface area contributed by atoms with Crippen LogP contribution in [-0.4, -0.2) is 28.3 Å². The standard InChI is InChI=1S/C14H23BN2O2/c1-7-10(2)11-8-17-12(9-16-11)15-18-13(3,4)14(5,6)19-15/h8-10H,7H2,1-6H3/i1D3,2D3,7D2,10D. The molecule has 1 atom stereocenters. The molecule has 2 rings (SSSR count). The van der Waals surface area contributed by atoms with Crippen molar-refractivity contribution in [3.8, 4) is 0 Å². The van der Waals surface area contributed by atoms with Gasteiger partial charge in [0.05, 0.1) is 22.5 Å². The molecule has 5 heteroatoms. The molecule has 0 bridgehead atoms. The summed E-state index contributed by atoms with van der Waals surface area (Å²) in [5.41, 5.74) is -1.71. The molecule has 1 aromatic rings. The third-order valence-corrected chi connectivity index (χ3v) is 3.55. The van der Waals surface area contributed by atoms with Crippen LogP contribution in [0.5, 0.6) is 0 Å². The van der Waals surface area contributed by atoms with Gasteiger partial charge in [-0.25, -0.2) is 0 Å². The van der Waals surface area contributed by atoms with Gasteiger partial charge in [-0.15, -0.1) is 0 Å². The predicted molar refractivity (Wildman–Crippen MR) is 76.5 cm³/mol. The molecular weight excluding hydrogens is 239 g/mol. The van der Waals surface area contributed by atoms with Gasteiger partial charge in [0.25, 0.3) is 0 Å². The van der Waals surface area contributed by atoms with Crippen LogP contribution in [0.1, 0.15) is 71.7 Å². The lowest BCUT2D eigenvalue weighted by Gasteiger charge is -2.32. The van der Waals surface area contributed by atoms with Gasteiger partial charge in [0, 0.05) is 24.7 Å². The summed E-state index contributed by atoms with van der Waals surface area (Å²) >= 11 is 0. The normalized spacial score (nSPS) is 33.3. The number of hydrogen-bond acceptors (Lipinski definition) is 4. The van der Waals surface area contributed by atoms with E-state index in [2.05, 4.69) is 9.97 Å². The van der Waals surface area contributed by atoms with Gasteiger partial charge in [-0.3, -0.25) is 9.97 Å². The van der Waals surface area contributed by atoms with Gasteiger partial charge in [-0.1, -0.05) is 13.7 Å². The van der Waals surface area contributed by atoms with Crippen molar-refractivity contribution in [2.75, 3.05) is 0 Å². The Hall–Kier alpha value is -0.935. The summed E-state index contributed by atoms with van der Waals surface area (Å²) in [6.45, 7) is 0.666. The molecule has 1 aliphatic heterocycles. The van der Waals surface area contributed by atoms with Crippen molar-refractivity contribution < 1.29 is 21.6 Å². The zero-order valence-corrected chi connectivity index (χ0v) is 11.4. The Bertz CT molecular complexity index is 718. The van der Waals surface area contributed by atoms with Gasteiger partial charge in [0.2, 0.25) is 0 Å². The van der Waals surface area contributed by atoms with Crippen molar-refractivity contribution in [1.29, 1.82) is 0 Å². The van der Waals surface area contributed by atoms with Crippen molar-refractivity contribution in [2.24, 2.45) is 0 Å². The molecule has 0 aliphatic carbocycles. The summed E-state index contributed by atoms with van der Waals surface area (Å²) in [6, 6.07) is 0. The Labute approximate surface area is 128 Å². The minimum absolute atomic E-state index is 0.199. The lowest BCUT2D eigenvalue weighted by molar-refractivity contribution is 0.00578. The number of aromatic nitrogens is 2. The van der Waals surface area contributed by atoms with E-state index in [0.717, 1.165) is 12.4 Å². The fraction of sp³-hybridized carbons (Fsp3) is 0.714. The van der Waals surface area contributed by atoms with Gasteiger partial charge in [-0.2, -0.15) is 0 Å². The van der Waals surface area contributed by atoms with Crippen LogP contribution in [0.4, 0.5) is 0 Å². The van der Waals surface area contributed by atoms with E-state index in [4.69, 9.17) is 21.6 Å². The first-order valence-corrected chi connectivity index (χ1v) is 5.96. The topological polar surface area (TPSA) is 44.2 Å². The summed E-state index contributed by atoms with van der Waals surface area (Å²) in [4.78, 5) is 7.91. The Kier molecular flexibility index (Phi) is 1.71. The Morgan fingerprint density at radius 3 is 2.47 bits per heavy atom. The first-order valence-electron chi connectivity index (χ1n) is 10.5. The summed E-state index contributed by atoms with van der Waals surface area (Å²) < 4.78 is 80.8. The molecule has 0 saturated carbocycles. The summed E-state index contributed by atoms with van der Waals surface area (Å²) in [7, 11) is -0.890. The average molecular weight is 271 g/mol. The van der Waals surface area contributed by atoms with Crippen molar-refractivity contribution in [1.82, 2.24) is 9.97 Å². The molecule has 1 fully saturated rings. The smallest absolute Gasteiger partial charge is 0.398 e. The Balaban J connectivity index is 2.47. The highest BCUT2D eigenvalue weighted by molar-refractivity contribution is 6.61. The molecular formula is C14H23BN2O2. The van der Waals surface area contributed by atoms with Gasteiger partial charge >= 0.3 is 7.12 Å². The number of hydrogen-bond donors (Lipinski definition) is 0. The second-order valence-corrected chi connectivity index (χ2v) is 5.41. The lowest BCUT2D eigenvalue weighted by Crippen LogP contribution is -2.41. The van der Waals surface area contributed by atoms with Gasteiger partial charge in [0.15, 0.2) is 0 Å². The zero-order valence-electron chi connectivity index (χ0n) is 20.4. The van der Waals surface area contributed by atoms with E-state index in [1.165, 1.54) is 0 Å². The number of nitrogens with zero attached hydrogens (tertiary/aromatic N) is 2. The largest absolute Gasteiger partial charge is 0.516 e. The van der Waals surface area contributed by atoms with Crippen LogP contribution in [0.25, 0.3) is 0 Å². The van der Waals surface area contributed by atoms with Crippen LogP contribution < -0.4 is 5.59 Å². The molecule has 0 aromatic carbocycles. The van der Waals surface area contributed by atoms with E-state index < -0.39 is 50.0 Å². The summed E-state index contributed by atoms with van der Waals surface area (Å²) in [5.74, 6) is -3.16. The fourth-order valence-corrected chi connectivity index (χ4v) is 1.62. The van der Waals surface area contributed by atoms with Crippen molar-refractivity contribution >= 4 is 12.7 Å². The highest BCUT2D eigenvalue weighted by Gasteiger charge is 2.52. The SMILES string of the molecule is [2H]C([2H])([2H])C([2H])([2H])C([2H])(c1cnc(B2OC(C)(C)C(C)(C)O2)cn1)C([2H])([2H])[2H]. The van der Waals surface area contributed by atoms with Crippen LogP contribution in [0.15, 0.2) is 12.4 Å². The predicted octanol–water partition coefficient (Wildman–Crippen LogP) is 2.29. The van der Waals surface area contributed by atoms with Crippen LogP contribution in [-0.2, 0) is 9.31 Å². The molecule has 4 nitrogen and oxygen atoms in total. The van der Waals surface area contributed by atoms with Crippen molar-refractivity contribution in [3.63, 3.8) is 0 Å². The molecule has 0 amide bonds. The number of rotatable bonds is 3. The highest BCUT2D eigenvalue weighted by Crippen LogP contribution is 2.36. The van der Waals surface area contributed by atoms with E-state index in [-0.39, 0.29) is 5.59 Å². The van der Waals surface area contributed by atoms with E-state index in [9.17, 15) is 0 Å². The van der Waals surface area contributed by atoms with Crippen LogP contribution >= 0.6 is 0 Å². The molecule has 1 aliphatic rings. The quantitative estimate of drug-likeness (QED) is 0.791. The fourth-order valence-electron chi connectivity index (χ4n) is 1.62. The zero-order chi connectivity index (χ0) is 22.0. The molecule has 0 spiro atoms. The molecule has 1 unspecified atom stereocenters. The van der Waals surface area contributed by atoms with Crippen LogP contribution in [0.3, 0.4) is 0 Å². The molecule has 19 heavy (non-hydrogen) atoms.